The van der Waals surface area contributed by atoms with Crippen molar-refractivity contribution in [3.05, 3.63) is 59.9 Å². The molecule has 0 aliphatic carbocycles. The monoisotopic (exact) mass is 296 g/mol. The molecule has 116 valence electrons. The van der Waals surface area contributed by atoms with Gasteiger partial charge in [0, 0.05) is 37.0 Å². The molecule has 0 amide bonds. The quantitative estimate of drug-likeness (QED) is 0.895. The molecule has 3 heteroatoms. The fourth-order valence-corrected chi connectivity index (χ4v) is 3.23. The molecule has 0 fully saturated rings. The number of hydrogen-bond donors (Lipinski definition) is 1. The number of aromatic nitrogens is 1. The highest BCUT2D eigenvalue weighted by atomic mass is 16.5. The molecule has 1 aromatic carbocycles. The van der Waals surface area contributed by atoms with Crippen molar-refractivity contribution in [1.29, 1.82) is 0 Å². The number of benzene rings is 1. The van der Waals surface area contributed by atoms with E-state index in [-0.39, 0.29) is 5.60 Å². The highest BCUT2D eigenvalue weighted by Crippen LogP contribution is 2.42. The standard InChI is InChI=1S/C19H24N2O/c1-3-19(4-2)13-17(16-7-5-6-8-18(16)22-19)21-14-15-9-11-20-12-10-15/h5-12,17,21H,3-4,13-14H2,1-2H3. The topological polar surface area (TPSA) is 34.2 Å². The molecule has 2 aromatic rings. The summed E-state index contributed by atoms with van der Waals surface area (Å²) in [6.45, 7) is 5.29. The number of para-hydroxylation sites is 1. The lowest BCUT2D eigenvalue weighted by molar-refractivity contribution is 0.0225. The molecule has 22 heavy (non-hydrogen) atoms. The number of hydrogen-bond acceptors (Lipinski definition) is 3. The zero-order valence-electron chi connectivity index (χ0n) is 13.4. The summed E-state index contributed by atoms with van der Waals surface area (Å²) in [4.78, 5) is 4.08. The minimum Gasteiger partial charge on any atom is -0.487 e. The van der Waals surface area contributed by atoms with Crippen LogP contribution in [0, 0.1) is 0 Å². The lowest BCUT2D eigenvalue weighted by atomic mass is 9.83. The Kier molecular flexibility index (Phi) is 4.44. The third-order valence-corrected chi connectivity index (χ3v) is 4.79. The lowest BCUT2D eigenvalue weighted by Gasteiger charge is -2.42. The van der Waals surface area contributed by atoms with Crippen LogP contribution in [0.15, 0.2) is 48.8 Å². The van der Waals surface area contributed by atoms with Crippen LogP contribution in [-0.4, -0.2) is 10.6 Å². The molecule has 1 atom stereocenters. The highest BCUT2D eigenvalue weighted by Gasteiger charge is 2.37. The van der Waals surface area contributed by atoms with Gasteiger partial charge in [-0.15, -0.1) is 0 Å². The van der Waals surface area contributed by atoms with Gasteiger partial charge >= 0.3 is 0 Å². The van der Waals surface area contributed by atoms with Gasteiger partial charge < -0.3 is 10.1 Å². The van der Waals surface area contributed by atoms with Crippen LogP contribution >= 0.6 is 0 Å². The second kappa shape index (κ2) is 6.49. The van der Waals surface area contributed by atoms with Crippen LogP contribution in [-0.2, 0) is 6.54 Å². The van der Waals surface area contributed by atoms with Crippen LogP contribution in [0.25, 0.3) is 0 Å². The first-order chi connectivity index (χ1) is 10.8. The molecule has 1 aromatic heterocycles. The predicted octanol–water partition coefficient (Wildman–Crippen LogP) is 4.25. The molecule has 1 aliphatic heterocycles. The van der Waals surface area contributed by atoms with Gasteiger partial charge in [0.2, 0.25) is 0 Å². The molecule has 1 aliphatic rings. The lowest BCUT2D eigenvalue weighted by Crippen LogP contribution is -2.43. The summed E-state index contributed by atoms with van der Waals surface area (Å²) in [5, 5.41) is 3.71. The normalized spacial score (nSPS) is 19.3. The molecule has 0 saturated carbocycles. The van der Waals surface area contributed by atoms with E-state index < -0.39 is 0 Å². The molecule has 0 bridgehead atoms. The number of nitrogens with one attached hydrogen (secondary N) is 1. The summed E-state index contributed by atoms with van der Waals surface area (Å²) >= 11 is 0. The molecular weight excluding hydrogens is 272 g/mol. The van der Waals surface area contributed by atoms with Gasteiger partial charge in [-0.1, -0.05) is 32.0 Å². The average Bonchev–Trinajstić information content (AvgIpc) is 2.60. The molecule has 3 nitrogen and oxygen atoms in total. The van der Waals surface area contributed by atoms with E-state index in [0.29, 0.717) is 6.04 Å². The van der Waals surface area contributed by atoms with Gasteiger partial charge in [-0.3, -0.25) is 4.98 Å². The van der Waals surface area contributed by atoms with Crippen LogP contribution in [0.3, 0.4) is 0 Å². The van der Waals surface area contributed by atoms with Gasteiger partial charge in [0.1, 0.15) is 11.4 Å². The van der Waals surface area contributed by atoms with Crippen molar-refractivity contribution in [2.75, 3.05) is 0 Å². The second-order valence-corrected chi connectivity index (χ2v) is 6.02. The first kappa shape index (κ1) is 15.0. The number of rotatable bonds is 5. The van der Waals surface area contributed by atoms with Gasteiger partial charge in [0.05, 0.1) is 0 Å². The summed E-state index contributed by atoms with van der Waals surface area (Å²) in [6, 6.07) is 12.9. The fourth-order valence-electron chi connectivity index (χ4n) is 3.23. The molecule has 0 spiro atoms. The van der Waals surface area contributed by atoms with Gasteiger partial charge in [-0.2, -0.15) is 0 Å². The van der Waals surface area contributed by atoms with Crippen molar-refractivity contribution in [3.63, 3.8) is 0 Å². The molecule has 1 N–H and O–H groups in total. The Balaban J connectivity index is 1.82. The fraction of sp³-hybridized carbons (Fsp3) is 0.421. The van der Waals surface area contributed by atoms with Crippen molar-refractivity contribution >= 4 is 0 Å². The average molecular weight is 296 g/mol. The van der Waals surface area contributed by atoms with Gasteiger partial charge in [-0.05, 0) is 36.6 Å². The first-order valence-electron chi connectivity index (χ1n) is 8.16. The summed E-state index contributed by atoms with van der Waals surface area (Å²) < 4.78 is 6.35. The van der Waals surface area contributed by atoms with Crippen LogP contribution in [0.4, 0.5) is 0 Å². The maximum atomic E-state index is 6.35. The van der Waals surface area contributed by atoms with Crippen LogP contribution in [0.1, 0.15) is 50.3 Å². The van der Waals surface area contributed by atoms with Gasteiger partial charge in [0.25, 0.3) is 0 Å². The Morgan fingerprint density at radius 3 is 2.59 bits per heavy atom. The Morgan fingerprint density at radius 1 is 1.14 bits per heavy atom. The zero-order chi connectivity index (χ0) is 15.4. The maximum Gasteiger partial charge on any atom is 0.124 e. The van der Waals surface area contributed by atoms with E-state index in [1.54, 1.807) is 0 Å². The largest absolute Gasteiger partial charge is 0.487 e. The van der Waals surface area contributed by atoms with Gasteiger partial charge in [0.15, 0.2) is 0 Å². The summed E-state index contributed by atoms with van der Waals surface area (Å²) in [5.41, 5.74) is 2.48. The van der Waals surface area contributed by atoms with Crippen LogP contribution in [0.2, 0.25) is 0 Å². The van der Waals surface area contributed by atoms with Crippen LogP contribution in [0.5, 0.6) is 5.75 Å². The Morgan fingerprint density at radius 2 is 1.86 bits per heavy atom. The van der Waals surface area contributed by atoms with E-state index in [4.69, 9.17) is 4.74 Å². The van der Waals surface area contributed by atoms with E-state index in [2.05, 4.69) is 60.5 Å². The SMILES string of the molecule is CCC1(CC)CC(NCc2ccncc2)c2ccccc2O1. The van der Waals surface area contributed by atoms with Crippen molar-refractivity contribution in [2.45, 2.75) is 51.3 Å². The highest BCUT2D eigenvalue weighted by molar-refractivity contribution is 5.39. The summed E-state index contributed by atoms with van der Waals surface area (Å²) in [6.07, 6.45) is 6.77. The number of nitrogens with zero attached hydrogens (tertiary/aromatic N) is 1. The van der Waals surface area contributed by atoms with E-state index in [0.717, 1.165) is 31.6 Å². The minimum atomic E-state index is -0.0513. The molecule has 2 heterocycles. The van der Waals surface area contributed by atoms with E-state index >= 15 is 0 Å². The third-order valence-electron chi connectivity index (χ3n) is 4.79. The smallest absolute Gasteiger partial charge is 0.124 e. The van der Waals surface area contributed by atoms with Crippen molar-refractivity contribution in [3.8, 4) is 5.75 Å². The predicted molar refractivity (Wildman–Crippen MR) is 88.8 cm³/mol. The van der Waals surface area contributed by atoms with Crippen molar-refractivity contribution in [1.82, 2.24) is 10.3 Å². The van der Waals surface area contributed by atoms with E-state index in [9.17, 15) is 0 Å². The summed E-state index contributed by atoms with van der Waals surface area (Å²) in [5.74, 6) is 1.03. The minimum absolute atomic E-state index is 0.0513. The number of ether oxygens (including phenoxy) is 1. The van der Waals surface area contributed by atoms with Crippen LogP contribution < -0.4 is 10.1 Å². The molecule has 0 saturated heterocycles. The molecule has 3 rings (SSSR count). The number of pyridine rings is 1. The first-order valence-corrected chi connectivity index (χ1v) is 8.16. The molecule has 0 radical (unpaired) electrons. The van der Waals surface area contributed by atoms with E-state index in [1.807, 2.05) is 12.4 Å². The third kappa shape index (κ3) is 3.00. The Labute approximate surface area is 132 Å². The molecular formula is C19H24N2O. The van der Waals surface area contributed by atoms with Gasteiger partial charge in [-0.25, -0.2) is 0 Å². The zero-order valence-corrected chi connectivity index (χ0v) is 13.4. The second-order valence-electron chi connectivity index (χ2n) is 6.02. The Hall–Kier alpha value is -1.87. The molecule has 1 unspecified atom stereocenters. The number of fused-ring (bicyclic) bond motifs is 1. The maximum absolute atomic E-state index is 6.35. The van der Waals surface area contributed by atoms with E-state index in [1.165, 1.54) is 11.1 Å². The Bertz CT molecular complexity index is 608. The summed E-state index contributed by atoms with van der Waals surface area (Å²) in [7, 11) is 0. The van der Waals surface area contributed by atoms with Crippen molar-refractivity contribution < 1.29 is 4.74 Å². The van der Waals surface area contributed by atoms with Crippen molar-refractivity contribution in [2.24, 2.45) is 0 Å².